The molecule has 2 rings (SSSR count). The largest absolute Gasteiger partial charge is 0.342 e. The highest BCUT2D eigenvalue weighted by atomic mass is 32.2. The second-order valence-corrected chi connectivity index (χ2v) is 7.29. The van der Waals surface area contributed by atoms with Crippen molar-refractivity contribution < 1.29 is 13.2 Å². The van der Waals surface area contributed by atoms with Gasteiger partial charge in [0.1, 0.15) is 0 Å². The summed E-state index contributed by atoms with van der Waals surface area (Å²) in [4.78, 5) is 14.2. The Labute approximate surface area is 126 Å². The quantitative estimate of drug-likeness (QED) is 0.925. The number of likely N-dealkylation sites (tertiary alicyclic amines) is 1. The molecule has 1 aromatic carbocycles. The number of nitrogens with one attached hydrogen (secondary N) is 1. The van der Waals surface area contributed by atoms with E-state index in [2.05, 4.69) is 4.72 Å². The second-order valence-electron chi connectivity index (χ2n) is 5.54. The zero-order valence-corrected chi connectivity index (χ0v) is 13.2. The first-order valence-corrected chi connectivity index (χ1v) is 9.18. The topological polar surface area (TPSA) is 66.5 Å². The maximum atomic E-state index is 12.2. The Morgan fingerprint density at radius 3 is 2.19 bits per heavy atom. The number of sulfonamides is 1. The first-order chi connectivity index (χ1) is 9.94. The van der Waals surface area contributed by atoms with Crippen molar-refractivity contribution in [3.05, 3.63) is 29.8 Å². The lowest BCUT2D eigenvalue weighted by atomic mass is 10.1. The molecule has 0 aliphatic carbocycles. The molecule has 1 amide bonds. The van der Waals surface area contributed by atoms with E-state index in [0.717, 1.165) is 37.8 Å². The lowest BCUT2D eigenvalue weighted by molar-refractivity contribution is -0.130. The van der Waals surface area contributed by atoms with Gasteiger partial charge in [0.15, 0.2) is 0 Å². The van der Waals surface area contributed by atoms with E-state index in [4.69, 9.17) is 0 Å². The molecule has 1 fully saturated rings. The van der Waals surface area contributed by atoms with E-state index in [1.54, 1.807) is 24.3 Å². The molecule has 1 aromatic rings. The molecule has 1 aliphatic rings. The number of carbonyl (C=O) groups excluding carboxylic acids is 1. The van der Waals surface area contributed by atoms with Crippen molar-refractivity contribution >= 4 is 21.6 Å². The minimum absolute atomic E-state index is 0.153. The Hall–Kier alpha value is -1.56. The third-order valence-electron chi connectivity index (χ3n) is 3.57. The van der Waals surface area contributed by atoms with E-state index >= 15 is 0 Å². The van der Waals surface area contributed by atoms with Crippen LogP contribution in [-0.2, 0) is 21.2 Å². The Morgan fingerprint density at radius 1 is 1.10 bits per heavy atom. The fourth-order valence-corrected chi connectivity index (χ4v) is 3.08. The molecule has 21 heavy (non-hydrogen) atoms. The number of carbonyl (C=O) groups is 1. The van der Waals surface area contributed by atoms with Crippen molar-refractivity contribution in [2.24, 2.45) is 0 Å². The lowest BCUT2D eigenvalue weighted by Gasteiger charge is -2.20. The summed E-state index contributed by atoms with van der Waals surface area (Å²) in [6, 6.07) is 6.96. The number of amides is 1. The fourth-order valence-electron chi connectivity index (χ4n) is 2.51. The zero-order valence-electron chi connectivity index (χ0n) is 12.3. The van der Waals surface area contributed by atoms with Crippen LogP contribution in [0, 0.1) is 0 Å². The summed E-state index contributed by atoms with van der Waals surface area (Å²) in [5, 5.41) is 0. The third-order valence-corrected chi connectivity index (χ3v) is 4.18. The molecule has 1 N–H and O–H groups in total. The molecule has 0 aromatic heterocycles. The van der Waals surface area contributed by atoms with Crippen LogP contribution in [0.5, 0.6) is 0 Å². The standard InChI is InChI=1S/C15H22N2O3S/c1-21(19,20)16-14-8-6-13(7-9-14)12-15(18)17-10-4-2-3-5-11-17/h6-9,16H,2-5,10-12H2,1H3. The van der Waals surface area contributed by atoms with Gasteiger partial charge < -0.3 is 4.90 Å². The van der Waals surface area contributed by atoms with Gasteiger partial charge in [0.05, 0.1) is 12.7 Å². The van der Waals surface area contributed by atoms with Crippen LogP contribution in [0.3, 0.4) is 0 Å². The highest BCUT2D eigenvalue weighted by Gasteiger charge is 2.15. The van der Waals surface area contributed by atoms with Crippen molar-refractivity contribution in [1.29, 1.82) is 0 Å². The summed E-state index contributed by atoms with van der Waals surface area (Å²) in [7, 11) is -3.26. The molecule has 0 unspecified atom stereocenters. The minimum atomic E-state index is -3.26. The molecular weight excluding hydrogens is 288 g/mol. The maximum Gasteiger partial charge on any atom is 0.229 e. The van der Waals surface area contributed by atoms with Crippen LogP contribution < -0.4 is 4.72 Å². The molecule has 0 radical (unpaired) electrons. The van der Waals surface area contributed by atoms with Crippen molar-refractivity contribution in [2.75, 3.05) is 24.1 Å². The highest BCUT2D eigenvalue weighted by molar-refractivity contribution is 7.92. The molecule has 1 saturated heterocycles. The summed E-state index contributed by atoms with van der Waals surface area (Å²) in [5.74, 6) is 0.153. The molecule has 0 spiro atoms. The summed E-state index contributed by atoms with van der Waals surface area (Å²) in [5.41, 5.74) is 1.42. The second kappa shape index (κ2) is 6.93. The van der Waals surface area contributed by atoms with Crippen molar-refractivity contribution in [3.8, 4) is 0 Å². The zero-order chi connectivity index (χ0) is 15.3. The average molecular weight is 310 g/mol. The van der Waals surface area contributed by atoms with Gasteiger partial charge in [-0.1, -0.05) is 25.0 Å². The monoisotopic (exact) mass is 310 g/mol. The van der Waals surface area contributed by atoms with Crippen LogP contribution >= 0.6 is 0 Å². The minimum Gasteiger partial charge on any atom is -0.342 e. The van der Waals surface area contributed by atoms with Gasteiger partial charge in [-0.25, -0.2) is 8.42 Å². The van der Waals surface area contributed by atoms with Gasteiger partial charge in [0.2, 0.25) is 15.9 Å². The molecule has 6 heteroatoms. The van der Waals surface area contributed by atoms with Gasteiger partial charge in [-0.15, -0.1) is 0 Å². The van der Waals surface area contributed by atoms with E-state index in [1.165, 1.54) is 12.8 Å². The number of hydrogen-bond donors (Lipinski definition) is 1. The summed E-state index contributed by atoms with van der Waals surface area (Å²) in [6.45, 7) is 1.71. The van der Waals surface area contributed by atoms with Crippen LogP contribution in [0.25, 0.3) is 0 Å². The number of anilines is 1. The van der Waals surface area contributed by atoms with Crippen LogP contribution in [0.4, 0.5) is 5.69 Å². The van der Waals surface area contributed by atoms with Crippen LogP contribution in [0.1, 0.15) is 31.2 Å². The number of rotatable bonds is 4. The molecule has 1 aliphatic heterocycles. The van der Waals surface area contributed by atoms with E-state index in [9.17, 15) is 13.2 Å². The van der Waals surface area contributed by atoms with E-state index in [-0.39, 0.29) is 5.91 Å². The van der Waals surface area contributed by atoms with Crippen LogP contribution in [0.15, 0.2) is 24.3 Å². The van der Waals surface area contributed by atoms with Gasteiger partial charge in [-0.3, -0.25) is 9.52 Å². The predicted molar refractivity (Wildman–Crippen MR) is 83.7 cm³/mol. The summed E-state index contributed by atoms with van der Waals surface area (Å²) in [6.07, 6.45) is 6.07. The van der Waals surface area contributed by atoms with E-state index in [0.29, 0.717) is 12.1 Å². The maximum absolute atomic E-state index is 12.2. The molecule has 5 nitrogen and oxygen atoms in total. The summed E-state index contributed by atoms with van der Waals surface area (Å²) >= 11 is 0. The van der Waals surface area contributed by atoms with Crippen LogP contribution in [0.2, 0.25) is 0 Å². The van der Waals surface area contributed by atoms with E-state index < -0.39 is 10.0 Å². The Kier molecular flexibility index (Phi) is 5.22. The first-order valence-electron chi connectivity index (χ1n) is 7.28. The van der Waals surface area contributed by atoms with Gasteiger partial charge in [0, 0.05) is 18.8 Å². The molecule has 0 saturated carbocycles. The van der Waals surface area contributed by atoms with Gasteiger partial charge in [-0.2, -0.15) is 0 Å². The summed E-state index contributed by atoms with van der Waals surface area (Å²) < 4.78 is 24.7. The SMILES string of the molecule is CS(=O)(=O)Nc1ccc(CC(=O)N2CCCCCC2)cc1. The number of benzene rings is 1. The van der Waals surface area contributed by atoms with Crippen molar-refractivity contribution in [2.45, 2.75) is 32.1 Å². The molecule has 0 atom stereocenters. The Morgan fingerprint density at radius 2 is 1.67 bits per heavy atom. The van der Waals surface area contributed by atoms with E-state index in [1.807, 2.05) is 4.90 Å². The third kappa shape index (κ3) is 5.38. The molecule has 0 bridgehead atoms. The highest BCUT2D eigenvalue weighted by Crippen LogP contribution is 2.14. The predicted octanol–water partition coefficient (Wildman–Crippen LogP) is 2.00. The van der Waals surface area contributed by atoms with Gasteiger partial charge in [-0.05, 0) is 30.5 Å². The molecule has 1 heterocycles. The lowest BCUT2D eigenvalue weighted by Crippen LogP contribution is -2.33. The Balaban J connectivity index is 1.94. The van der Waals surface area contributed by atoms with Crippen molar-refractivity contribution in [3.63, 3.8) is 0 Å². The Bertz CT molecular complexity index is 573. The smallest absolute Gasteiger partial charge is 0.229 e. The van der Waals surface area contributed by atoms with Gasteiger partial charge >= 0.3 is 0 Å². The molecular formula is C15H22N2O3S. The number of nitrogens with zero attached hydrogens (tertiary/aromatic N) is 1. The number of hydrogen-bond acceptors (Lipinski definition) is 3. The first kappa shape index (κ1) is 15.8. The average Bonchev–Trinajstić information content (AvgIpc) is 2.68. The van der Waals surface area contributed by atoms with Crippen LogP contribution in [-0.4, -0.2) is 38.6 Å². The molecule has 116 valence electrons. The van der Waals surface area contributed by atoms with Gasteiger partial charge in [0.25, 0.3) is 0 Å². The fraction of sp³-hybridized carbons (Fsp3) is 0.533. The van der Waals surface area contributed by atoms with Crippen molar-refractivity contribution in [1.82, 2.24) is 4.90 Å². The normalized spacial score (nSPS) is 16.3.